The molecule has 2 fully saturated rings. The van der Waals surface area contributed by atoms with Crippen LogP contribution in [0.3, 0.4) is 0 Å². The fourth-order valence-electron chi connectivity index (χ4n) is 4.18. The number of hydrogen-bond acceptors (Lipinski definition) is 4. The van der Waals surface area contributed by atoms with E-state index in [1.54, 1.807) is 0 Å². The average Bonchev–Trinajstić information content (AvgIpc) is 2.92. The molecule has 1 aromatic carbocycles. The molecule has 0 bridgehead atoms. The maximum atomic E-state index is 13.1. The molecule has 2 aliphatic rings. The van der Waals surface area contributed by atoms with Gasteiger partial charge in [0.25, 0.3) is 5.69 Å². The van der Waals surface area contributed by atoms with Gasteiger partial charge in [0.1, 0.15) is 11.7 Å². The average molecular weight is 392 g/mol. The van der Waals surface area contributed by atoms with Crippen molar-refractivity contribution in [3.63, 3.8) is 0 Å². The zero-order valence-electron chi connectivity index (χ0n) is 13.6. The molecule has 1 heterocycles. The molecule has 2 N–H and O–H groups in total. The number of hydrogen-bond donors (Lipinski definition) is 1. The summed E-state index contributed by atoms with van der Waals surface area (Å²) in [5, 5.41) is 10.8. The van der Waals surface area contributed by atoms with Gasteiger partial charge in [0, 0.05) is 12.1 Å². The lowest BCUT2D eigenvalue weighted by atomic mass is 9.84. The maximum Gasteiger partial charge on any atom is 0.418 e. The number of halogens is 4. The number of alkyl halides is 3. The quantitative estimate of drug-likeness (QED) is 0.625. The fraction of sp³-hybridized carbons (Fsp3) is 0.562. The zero-order chi connectivity index (χ0) is 19.2. The van der Waals surface area contributed by atoms with E-state index in [9.17, 15) is 28.1 Å². The molecule has 1 saturated heterocycles. The van der Waals surface area contributed by atoms with Crippen molar-refractivity contribution in [2.24, 2.45) is 11.7 Å². The molecular formula is C16H17ClF3N3O3. The third-order valence-electron chi connectivity index (χ3n) is 5.26. The lowest BCUT2D eigenvalue weighted by Crippen LogP contribution is -2.45. The number of nitro groups is 1. The standard InChI is InChI=1S/C16H17ClF3N3O3/c17-10-7-12(13(23(25)26)6-9(10)16(18,19)20)22-11-4-2-1-3-8(11)5-14(22)15(21)24/h6-8,11,14H,1-5H2,(H2,21,24)/t8-,11+,14-/m0/s1. The third kappa shape index (κ3) is 3.20. The Bertz CT molecular complexity index is 756. The van der Waals surface area contributed by atoms with Crippen LogP contribution in [0.15, 0.2) is 12.1 Å². The lowest BCUT2D eigenvalue weighted by molar-refractivity contribution is -0.384. The summed E-state index contributed by atoms with van der Waals surface area (Å²) in [6, 6.07) is 0.406. The smallest absolute Gasteiger partial charge is 0.368 e. The number of nitrogens with two attached hydrogens (primary N) is 1. The third-order valence-corrected chi connectivity index (χ3v) is 5.57. The molecule has 142 valence electrons. The van der Waals surface area contributed by atoms with E-state index < -0.39 is 39.3 Å². The summed E-state index contributed by atoms with van der Waals surface area (Å²) in [4.78, 5) is 24.0. The number of nitro benzene ring substituents is 1. The largest absolute Gasteiger partial charge is 0.418 e. The van der Waals surface area contributed by atoms with Gasteiger partial charge in [0.15, 0.2) is 0 Å². The Kier molecular flexibility index (Phi) is 4.76. The number of rotatable bonds is 3. The highest BCUT2D eigenvalue weighted by Gasteiger charge is 2.47. The number of nitrogens with zero attached hydrogens (tertiary/aromatic N) is 2. The van der Waals surface area contributed by atoms with Gasteiger partial charge in [-0.1, -0.05) is 24.4 Å². The molecule has 1 amide bonds. The van der Waals surface area contributed by atoms with Crippen LogP contribution in [0.1, 0.15) is 37.7 Å². The molecule has 10 heteroatoms. The van der Waals surface area contributed by atoms with Gasteiger partial charge in [-0.25, -0.2) is 0 Å². The van der Waals surface area contributed by atoms with E-state index >= 15 is 0 Å². The van der Waals surface area contributed by atoms with Crippen molar-refractivity contribution in [3.05, 3.63) is 32.8 Å². The van der Waals surface area contributed by atoms with Crippen LogP contribution in [-0.4, -0.2) is 22.9 Å². The van der Waals surface area contributed by atoms with E-state index in [1.807, 2.05) is 0 Å². The number of carbonyl (C=O) groups is 1. The molecule has 1 aliphatic heterocycles. The van der Waals surface area contributed by atoms with Crippen LogP contribution in [0.25, 0.3) is 0 Å². The SMILES string of the molecule is NC(=O)[C@@H]1C[C@@H]2CCCC[C@H]2N1c1cc(Cl)c(C(F)(F)F)cc1[N+](=O)[O-]. The minimum absolute atomic E-state index is 0.0776. The molecule has 0 radical (unpaired) electrons. The first-order chi connectivity index (χ1) is 12.1. The van der Waals surface area contributed by atoms with Crippen molar-refractivity contribution < 1.29 is 22.9 Å². The summed E-state index contributed by atoms with van der Waals surface area (Å²) in [6.07, 6.45) is -0.962. The number of primary amides is 1. The summed E-state index contributed by atoms with van der Waals surface area (Å²) in [5.74, 6) is -0.522. The first kappa shape index (κ1) is 18.8. The molecule has 26 heavy (non-hydrogen) atoms. The lowest BCUT2D eigenvalue weighted by Gasteiger charge is -2.34. The molecule has 0 unspecified atom stereocenters. The number of amides is 1. The van der Waals surface area contributed by atoms with Crippen molar-refractivity contribution in [2.45, 2.75) is 50.4 Å². The summed E-state index contributed by atoms with van der Waals surface area (Å²) < 4.78 is 39.2. The summed E-state index contributed by atoms with van der Waals surface area (Å²) >= 11 is 5.79. The van der Waals surface area contributed by atoms with Crippen LogP contribution < -0.4 is 10.6 Å². The van der Waals surface area contributed by atoms with Crippen molar-refractivity contribution in [3.8, 4) is 0 Å². The molecule has 0 spiro atoms. The Hall–Kier alpha value is -2.03. The Morgan fingerprint density at radius 3 is 2.54 bits per heavy atom. The normalized spacial score (nSPS) is 25.8. The topological polar surface area (TPSA) is 89.5 Å². The predicted octanol–water partition coefficient (Wildman–Crippen LogP) is 3.89. The summed E-state index contributed by atoms with van der Waals surface area (Å²) in [5.41, 5.74) is 3.41. The van der Waals surface area contributed by atoms with Crippen molar-refractivity contribution in [1.29, 1.82) is 0 Å². The summed E-state index contributed by atoms with van der Waals surface area (Å²) in [6.45, 7) is 0. The summed E-state index contributed by atoms with van der Waals surface area (Å²) in [7, 11) is 0. The van der Waals surface area contributed by atoms with E-state index in [-0.39, 0.29) is 17.6 Å². The molecule has 1 aromatic rings. The van der Waals surface area contributed by atoms with Crippen LogP contribution >= 0.6 is 11.6 Å². The first-order valence-electron chi connectivity index (χ1n) is 8.24. The van der Waals surface area contributed by atoms with Gasteiger partial charge < -0.3 is 10.6 Å². The number of carbonyl (C=O) groups excluding carboxylic acids is 1. The molecule has 0 aromatic heterocycles. The Morgan fingerprint density at radius 1 is 1.31 bits per heavy atom. The van der Waals surface area contributed by atoms with E-state index in [0.717, 1.165) is 25.3 Å². The van der Waals surface area contributed by atoms with Gasteiger partial charge in [-0.2, -0.15) is 13.2 Å². The molecular weight excluding hydrogens is 375 g/mol. The van der Waals surface area contributed by atoms with Gasteiger partial charge in [0.2, 0.25) is 5.91 Å². The minimum atomic E-state index is -4.82. The zero-order valence-corrected chi connectivity index (χ0v) is 14.4. The van der Waals surface area contributed by atoms with E-state index in [4.69, 9.17) is 17.3 Å². The number of fused-ring (bicyclic) bond motifs is 1. The van der Waals surface area contributed by atoms with Gasteiger partial charge in [-0.05, 0) is 31.2 Å². The Labute approximate surface area is 152 Å². The van der Waals surface area contributed by atoms with Crippen LogP contribution in [0.5, 0.6) is 0 Å². The number of anilines is 1. The second-order valence-electron chi connectivity index (χ2n) is 6.75. The van der Waals surface area contributed by atoms with Crippen molar-refractivity contribution >= 4 is 28.9 Å². The van der Waals surface area contributed by atoms with Crippen LogP contribution in [-0.2, 0) is 11.0 Å². The van der Waals surface area contributed by atoms with Crippen molar-refractivity contribution in [1.82, 2.24) is 0 Å². The van der Waals surface area contributed by atoms with Crippen LogP contribution in [0.4, 0.5) is 24.5 Å². The maximum absolute atomic E-state index is 13.1. The monoisotopic (exact) mass is 391 g/mol. The predicted molar refractivity (Wildman–Crippen MR) is 88.9 cm³/mol. The molecule has 3 rings (SSSR count). The number of benzene rings is 1. The van der Waals surface area contributed by atoms with Gasteiger partial charge in [0.05, 0.1) is 15.5 Å². The van der Waals surface area contributed by atoms with E-state index in [0.29, 0.717) is 18.9 Å². The molecule has 1 aliphatic carbocycles. The van der Waals surface area contributed by atoms with Gasteiger partial charge >= 0.3 is 6.18 Å². The highest BCUT2D eigenvalue weighted by Crippen LogP contribution is 2.47. The second kappa shape index (κ2) is 6.61. The fourth-order valence-corrected chi connectivity index (χ4v) is 4.45. The van der Waals surface area contributed by atoms with Crippen LogP contribution in [0.2, 0.25) is 5.02 Å². The Morgan fingerprint density at radius 2 is 1.96 bits per heavy atom. The molecule has 1 saturated carbocycles. The molecule has 6 nitrogen and oxygen atoms in total. The second-order valence-corrected chi connectivity index (χ2v) is 7.16. The van der Waals surface area contributed by atoms with Gasteiger partial charge in [-0.3, -0.25) is 14.9 Å². The minimum Gasteiger partial charge on any atom is -0.368 e. The van der Waals surface area contributed by atoms with E-state index in [2.05, 4.69) is 0 Å². The first-order valence-corrected chi connectivity index (χ1v) is 8.62. The Balaban J connectivity index is 2.15. The van der Waals surface area contributed by atoms with Crippen LogP contribution in [0, 0.1) is 16.0 Å². The molecule has 3 atom stereocenters. The van der Waals surface area contributed by atoms with Gasteiger partial charge in [-0.15, -0.1) is 0 Å². The highest BCUT2D eigenvalue weighted by atomic mass is 35.5. The highest BCUT2D eigenvalue weighted by molar-refractivity contribution is 6.32. The van der Waals surface area contributed by atoms with Crippen molar-refractivity contribution in [2.75, 3.05) is 4.90 Å². The van der Waals surface area contributed by atoms with E-state index in [1.165, 1.54) is 4.90 Å².